The van der Waals surface area contributed by atoms with Crippen LogP contribution in [0.5, 0.6) is 11.5 Å². The Morgan fingerprint density at radius 3 is 2.36 bits per heavy atom. The number of amides is 1. The normalized spacial score (nSPS) is 10.6. The van der Waals surface area contributed by atoms with Crippen molar-refractivity contribution in [3.8, 4) is 51.2 Å². The quantitative estimate of drug-likeness (QED) is 0.165. The van der Waals surface area contributed by atoms with Crippen LogP contribution in [0.25, 0.3) is 33.6 Å². The molecule has 0 unspecified atom stereocenters. The lowest BCUT2D eigenvalue weighted by molar-refractivity contribution is -0.115. The molecule has 0 atom stereocenters. The number of carbonyl (C=O) groups is 1. The number of thiazole rings is 1. The molecule has 210 valence electrons. The Balaban J connectivity index is 1.30. The van der Waals surface area contributed by atoms with E-state index in [1.807, 2.05) is 91.2 Å². The summed E-state index contributed by atoms with van der Waals surface area (Å²) in [6.45, 7) is 2.03. The molecule has 5 aromatic rings. The zero-order chi connectivity index (χ0) is 29.5. The van der Waals surface area contributed by atoms with E-state index in [0.29, 0.717) is 33.0 Å². The van der Waals surface area contributed by atoms with E-state index in [2.05, 4.69) is 16.4 Å². The summed E-state index contributed by atoms with van der Waals surface area (Å²) < 4.78 is 10.7. The summed E-state index contributed by atoms with van der Waals surface area (Å²) >= 11 is 2.76. The highest BCUT2D eigenvalue weighted by molar-refractivity contribution is 7.99. The van der Waals surface area contributed by atoms with Gasteiger partial charge in [0.15, 0.2) is 16.6 Å². The molecule has 0 aliphatic carbocycles. The van der Waals surface area contributed by atoms with Crippen LogP contribution in [0.15, 0.2) is 89.3 Å². The second-order valence-corrected chi connectivity index (χ2v) is 11.3. The molecule has 9 heteroatoms. The van der Waals surface area contributed by atoms with E-state index in [0.717, 1.165) is 39.2 Å². The number of nitriles is 1. The summed E-state index contributed by atoms with van der Waals surface area (Å²) in [6, 6.07) is 27.9. The van der Waals surface area contributed by atoms with E-state index in [-0.39, 0.29) is 12.3 Å². The lowest BCUT2D eigenvalue weighted by Gasteiger charge is -2.13. The van der Waals surface area contributed by atoms with Crippen molar-refractivity contribution in [2.24, 2.45) is 0 Å². The highest BCUT2D eigenvalue weighted by atomic mass is 32.2. The van der Waals surface area contributed by atoms with Gasteiger partial charge >= 0.3 is 0 Å². The van der Waals surface area contributed by atoms with Crippen molar-refractivity contribution >= 4 is 34.1 Å². The molecular weight excluding hydrogens is 565 g/mol. The molecular formula is C33H28N4O3S2. The molecule has 5 rings (SSSR count). The molecule has 7 nitrogen and oxygen atoms in total. The summed E-state index contributed by atoms with van der Waals surface area (Å²) in [5.74, 6) is 1.54. The predicted octanol–water partition coefficient (Wildman–Crippen LogP) is 7.86. The van der Waals surface area contributed by atoms with Crippen molar-refractivity contribution in [2.75, 3.05) is 25.3 Å². The van der Waals surface area contributed by atoms with E-state index < -0.39 is 0 Å². The Morgan fingerprint density at radius 2 is 1.64 bits per heavy atom. The van der Waals surface area contributed by atoms with Crippen molar-refractivity contribution in [2.45, 2.75) is 18.4 Å². The number of benzene rings is 3. The topological polar surface area (TPSA) is 97.1 Å². The SMILES string of the molecule is COc1ccc(-c2csc(NC(=O)CCSc3nc(-c4ccccc4)cc(-c4ccc(C)cc4)c3C#N)n2)cc1OC. The highest BCUT2D eigenvalue weighted by Crippen LogP contribution is 2.35. The number of methoxy groups -OCH3 is 2. The van der Waals surface area contributed by atoms with Gasteiger partial charge in [-0.05, 0) is 36.8 Å². The van der Waals surface area contributed by atoms with Gasteiger partial charge in [-0.1, -0.05) is 60.2 Å². The van der Waals surface area contributed by atoms with Gasteiger partial charge in [0, 0.05) is 34.2 Å². The molecule has 2 heterocycles. The van der Waals surface area contributed by atoms with Gasteiger partial charge in [-0.2, -0.15) is 5.26 Å². The molecule has 0 aliphatic heterocycles. The monoisotopic (exact) mass is 592 g/mol. The third-order valence-corrected chi connectivity index (χ3v) is 8.26. The zero-order valence-electron chi connectivity index (χ0n) is 23.4. The number of hydrogen-bond acceptors (Lipinski definition) is 8. The van der Waals surface area contributed by atoms with Crippen LogP contribution in [0.1, 0.15) is 17.5 Å². The number of carbonyl (C=O) groups excluding carboxylic acids is 1. The van der Waals surface area contributed by atoms with Gasteiger partial charge in [0.25, 0.3) is 0 Å². The van der Waals surface area contributed by atoms with Crippen LogP contribution in [0.2, 0.25) is 0 Å². The molecule has 3 aromatic carbocycles. The summed E-state index contributed by atoms with van der Waals surface area (Å²) in [5, 5.41) is 16.0. The largest absolute Gasteiger partial charge is 0.493 e. The fraction of sp³-hybridized carbons (Fsp3) is 0.152. The van der Waals surface area contributed by atoms with Crippen molar-refractivity contribution in [1.29, 1.82) is 5.26 Å². The maximum atomic E-state index is 12.8. The lowest BCUT2D eigenvalue weighted by Crippen LogP contribution is -2.12. The Labute approximate surface area is 253 Å². The predicted molar refractivity (Wildman–Crippen MR) is 169 cm³/mol. The molecule has 0 saturated carbocycles. The number of nitrogens with zero attached hydrogens (tertiary/aromatic N) is 3. The van der Waals surface area contributed by atoms with Gasteiger partial charge in [-0.3, -0.25) is 4.79 Å². The van der Waals surface area contributed by atoms with Gasteiger partial charge < -0.3 is 14.8 Å². The lowest BCUT2D eigenvalue weighted by atomic mass is 9.98. The van der Waals surface area contributed by atoms with E-state index in [4.69, 9.17) is 14.5 Å². The van der Waals surface area contributed by atoms with Gasteiger partial charge in [0.2, 0.25) is 5.91 Å². The second kappa shape index (κ2) is 13.3. The molecule has 0 fully saturated rings. The minimum atomic E-state index is -0.160. The molecule has 0 bridgehead atoms. The van der Waals surface area contributed by atoms with Crippen LogP contribution in [0, 0.1) is 18.3 Å². The van der Waals surface area contributed by atoms with Crippen molar-refractivity contribution in [1.82, 2.24) is 9.97 Å². The van der Waals surface area contributed by atoms with E-state index in [1.165, 1.54) is 23.1 Å². The molecule has 2 aromatic heterocycles. The standard InChI is InChI=1S/C33H28N4O3S2/c1-21-9-11-22(12-10-21)25-18-27(23-7-5-4-6-8-23)35-32(26(25)19-34)41-16-15-31(38)37-33-36-28(20-42-33)24-13-14-29(39-2)30(17-24)40-3/h4-14,17-18,20H,15-16H2,1-3H3,(H,36,37,38). The summed E-state index contributed by atoms with van der Waals surface area (Å²) in [7, 11) is 3.18. The minimum absolute atomic E-state index is 0.160. The second-order valence-electron chi connectivity index (χ2n) is 9.33. The van der Waals surface area contributed by atoms with Crippen molar-refractivity contribution in [3.05, 3.63) is 95.4 Å². The third kappa shape index (κ3) is 6.62. The smallest absolute Gasteiger partial charge is 0.226 e. The van der Waals surface area contributed by atoms with Gasteiger partial charge in [-0.15, -0.1) is 23.1 Å². The first-order chi connectivity index (χ1) is 20.5. The van der Waals surface area contributed by atoms with Gasteiger partial charge in [0.05, 0.1) is 31.2 Å². The Kier molecular flexibility index (Phi) is 9.17. The maximum Gasteiger partial charge on any atom is 0.226 e. The van der Waals surface area contributed by atoms with Crippen LogP contribution in [0.4, 0.5) is 5.13 Å². The molecule has 0 saturated heterocycles. The Bertz CT molecular complexity index is 1750. The first kappa shape index (κ1) is 28.9. The number of pyridine rings is 1. The molecule has 0 radical (unpaired) electrons. The number of anilines is 1. The van der Waals surface area contributed by atoms with E-state index in [1.54, 1.807) is 14.2 Å². The number of ether oxygens (including phenoxy) is 2. The third-order valence-electron chi connectivity index (χ3n) is 6.53. The molecule has 1 N–H and O–H groups in total. The van der Waals surface area contributed by atoms with Gasteiger partial charge in [0.1, 0.15) is 11.1 Å². The molecule has 1 amide bonds. The first-order valence-corrected chi connectivity index (χ1v) is 15.0. The van der Waals surface area contributed by atoms with E-state index in [9.17, 15) is 10.1 Å². The summed E-state index contributed by atoms with van der Waals surface area (Å²) in [4.78, 5) is 22.2. The van der Waals surface area contributed by atoms with Crippen LogP contribution in [-0.2, 0) is 4.79 Å². The van der Waals surface area contributed by atoms with Crippen LogP contribution < -0.4 is 14.8 Å². The average Bonchev–Trinajstić information content (AvgIpc) is 3.49. The molecule has 0 aliphatic rings. The first-order valence-electron chi connectivity index (χ1n) is 13.2. The Hall–Kier alpha value is -4.65. The number of aryl methyl sites for hydroxylation is 1. The van der Waals surface area contributed by atoms with Crippen molar-refractivity contribution < 1.29 is 14.3 Å². The van der Waals surface area contributed by atoms with Crippen LogP contribution in [0.3, 0.4) is 0 Å². The fourth-order valence-electron chi connectivity index (χ4n) is 4.33. The Morgan fingerprint density at radius 1 is 0.905 bits per heavy atom. The maximum absolute atomic E-state index is 12.8. The van der Waals surface area contributed by atoms with E-state index >= 15 is 0 Å². The van der Waals surface area contributed by atoms with Crippen LogP contribution >= 0.6 is 23.1 Å². The average molecular weight is 593 g/mol. The molecule has 0 spiro atoms. The number of nitrogens with one attached hydrogen (secondary N) is 1. The number of rotatable bonds is 10. The molecule has 42 heavy (non-hydrogen) atoms. The highest BCUT2D eigenvalue weighted by Gasteiger charge is 2.17. The summed E-state index contributed by atoms with van der Waals surface area (Å²) in [5.41, 5.74) is 6.75. The van der Waals surface area contributed by atoms with Crippen LogP contribution in [-0.4, -0.2) is 35.8 Å². The minimum Gasteiger partial charge on any atom is -0.493 e. The number of aromatic nitrogens is 2. The summed E-state index contributed by atoms with van der Waals surface area (Å²) in [6.07, 6.45) is 0.234. The number of thioether (sulfide) groups is 1. The fourth-order valence-corrected chi connectivity index (χ4v) is 6.01. The number of hydrogen-bond donors (Lipinski definition) is 1. The zero-order valence-corrected chi connectivity index (χ0v) is 25.0. The van der Waals surface area contributed by atoms with Crippen molar-refractivity contribution in [3.63, 3.8) is 0 Å². The van der Waals surface area contributed by atoms with Gasteiger partial charge in [-0.25, -0.2) is 9.97 Å².